The zero-order valence-corrected chi connectivity index (χ0v) is 15.7. The van der Waals surface area contributed by atoms with E-state index in [9.17, 15) is 4.39 Å². The molecular formula is C19H28FN5O. The van der Waals surface area contributed by atoms with Crippen molar-refractivity contribution in [2.24, 2.45) is 12.0 Å². The summed E-state index contributed by atoms with van der Waals surface area (Å²) in [6.45, 7) is 5.92. The van der Waals surface area contributed by atoms with Gasteiger partial charge in [0.05, 0.1) is 12.7 Å². The van der Waals surface area contributed by atoms with Crippen molar-refractivity contribution in [2.45, 2.75) is 32.8 Å². The van der Waals surface area contributed by atoms with Gasteiger partial charge in [0.25, 0.3) is 0 Å². The molecule has 1 unspecified atom stereocenters. The zero-order chi connectivity index (χ0) is 18.8. The van der Waals surface area contributed by atoms with E-state index in [1.807, 2.05) is 38.0 Å². The molecule has 2 N–H and O–H groups in total. The van der Waals surface area contributed by atoms with Gasteiger partial charge in [-0.15, -0.1) is 0 Å². The summed E-state index contributed by atoms with van der Waals surface area (Å²) in [6, 6.07) is 6.41. The van der Waals surface area contributed by atoms with Crippen LogP contribution in [0.1, 0.15) is 25.8 Å². The number of guanidine groups is 1. The lowest BCUT2D eigenvalue weighted by molar-refractivity contribution is 0.220. The fourth-order valence-electron chi connectivity index (χ4n) is 2.46. The quantitative estimate of drug-likeness (QED) is 0.409. The highest BCUT2D eigenvalue weighted by atomic mass is 19.1. The van der Waals surface area contributed by atoms with Crippen LogP contribution in [0.2, 0.25) is 0 Å². The lowest BCUT2D eigenvalue weighted by Gasteiger charge is -2.15. The molecule has 0 bridgehead atoms. The summed E-state index contributed by atoms with van der Waals surface area (Å²) in [5, 5.41) is 10.7. The van der Waals surface area contributed by atoms with E-state index in [0.717, 1.165) is 31.9 Å². The zero-order valence-electron chi connectivity index (χ0n) is 15.7. The number of halogens is 1. The van der Waals surface area contributed by atoms with Crippen molar-refractivity contribution in [1.82, 2.24) is 20.4 Å². The van der Waals surface area contributed by atoms with Gasteiger partial charge in [-0.25, -0.2) is 9.38 Å². The van der Waals surface area contributed by atoms with Crippen LogP contribution < -0.4 is 15.4 Å². The Kier molecular flexibility index (Phi) is 7.92. The maximum Gasteiger partial charge on any atom is 0.191 e. The van der Waals surface area contributed by atoms with Crippen molar-refractivity contribution in [1.29, 1.82) is 0 Å². The van der Waals surface area contributed by atoms with Crippen LogP contribution in [-0.4, -0.2) is 41.5 Å². The van der Waals surface area contributed by atoms with Crippen LogP contribution in [0.5, 0.6) is 5.75 Å². The Hall–Kier alpha value is -2.57. The molecular weight excluding hydrogens is 333 g/mol. The van der Waals surface area contributed by atoms with Crippen LogP contribution in [0.4, 0.5) is 4.39 Å². The number of nitrogens with zero attached hydrogens (tertiary/aromatic N) is 3. The Morgan fingerprint density at radius 2 is 2.15 bits per heavy atom. The summed E-state index contributed by atoms with van der Waals surface area (Å²) in [7, 11) is 1.92. The molecule has 0 fully saturated rings. The largest absolute Gasteiger partial charge is 0.486 e. The molecule has 0 saturated carbocycles. The van der Waals surface area contributed by atoms with Crippen LogP contribution in [0.25, 0.3) is 0 Å². The average molecular weight is 361 g/mol. The fraction of sp³-hybridized carbons (Fsp3) is 0.474. The lowest BCUT2D eigenvalue weighted by Crippen LogP contribution is -2.38. The number of rotatable bonds is 9. The monoisotopic (exact) mass is 361 g/mol. The summed E-state index contributed by atoms with van der Waals surface area (Å²) >= 11 is 0. The fourth-order valence-corrected chi connectivity index (χ4v) is 2.46. The standard InChI is InChI=1S/C19H28FN5O/c1-4-21-19(22-11-7-8-16-13-24-25(3)14-16)23-12-15(2)26-18-10-6-5-9-17(18)20/h5-6,9-10,13-15H,4,7-8,11-12H2,1-3H3,(H2,21,22,23). The van der Waals surface area contributed by atoms with Gasteiger partial charge in [0.2, 0.25) is 0 Å². The Morgan fingerprint density at radius 1 is 1.35 bits per heavy atom. The molecule has 0 radical (unpaired) electrons. The van der Waals surface area contributed by atoms with E-state index in [0.29, 0.717) is 6.54 Å². The summed E-state index contributed by atoms with van der Waals surface area (Å²) in [6.07, 6.45) is 5.64. The molecule has 0 spiro atoms. The maximum absolute atomic E-state index is 13.6. The molecule has 142 valence electrons. The van der Waals surface area contributed by atoms with E-state index in [1.54, 1.807) is 18.2 Å². The summed E-state index contributed by atoms with van der Waals surface area (Å²) in [4.78, 5) is 4.52. The molecule has 7 heteroatoms. The first-order valence-corrected chi connectivity index (χ1v) is 8.99. The van der Waals surface area contributed by atoms with Gasteiger partial charge in [-0.05, 0) is 44.4 Å². The molecule has 2 rings (SSSR count). The third kappa shape index (κ3) is 6.74. The number of aryl methyl sites for hydroxylation is 2. The molecule has 0 aliphatic heterocycles. The van der Waals surface area contributed by atoms with E-state index in [2.05, 4.69) is 20.7 Å². The SMILES string of the molecule is CCNC(=NCC(C)Oc1ccccc1F)NCCCc1cnn(C)c1. The minimum absolute atomic E-state index is 0.224. The number of para-hydroxylation sites is 1. The van der Waals surface area contributed by atoms with Crippen LogP contribution in [-0.2, 0) is 13.5 Å². The molecule has 1 atom stereocenters. The van der Waals surface area contributed by atoms with Gasteiger partial charge in [0, 0.05) is 26.3 Å². The Morgan fingerprint density at radius 3 is 2.85 bits per heavy atom. The second-order valence-corrected chi connectivity index (χ2v) is 6.13. The molecule has 2 aromatic rings. The topological polar surface area (TPSA) is 63.5 Å². The third-order valence-electron chi connectivity index (χ3n) is 3.71. The van der Waals surface area contributed by atoms with E-state index >= 15 is 0 Å². The van der Waals surface area contributed by atoms with Crippen LogP contribution in [0.15, 0.2) is 41.7 Å². The van der Waals surface area contributed by atoms with Crippen molar-refractivity contribution >= 4 is 5.96 Å². The third-order valence-corrected chi connectivity index (χ3v) is 3.71. The van der Waals surface area contributed by atoms with E-state index in [4.69, 9.17) is 4.74 Å². The maximum atomic E-state index is 13.6. The van der Waals surface area contributed by atoms with Crippen molar-refractivity contribution in [3.8, 4) is 5.75 Å². The summed E-state index contributed by atoms with van der Waals surface area (Å²) in [5.74, 6) is 0.635. The molecule has 0 saturated heterocycles. The molecule has 1 aromatic carbocycles. The first-order chi connectivity index (χ1) is 12.6. The Bertz CT molecular complexity index is 701. The number of benzene rings is 1. The van der Waals surface area contributed by atoms with Gasteiger partial charge in [-0.3, -0.25) is 4.68 Å². The van der Waals surface area contributed by atoms with Crippen molar-refractivity contribution in [3.05, 3.63) is 48.0 Å². The molecule has 0 aliphatic rings. The van der Waals surface area contributed by atoms with E-state index in [1.165, 1.54) is 11.6 Å². The Balaban J connectivity index is 1.76. The van der Waals surface area contributed by atoms with Crippen LogP contribution >= 0.6 is 0 Å². The molecule has 1 heterocycles. The van der Waals surface area contributed by atoms with Gasteiger partial charge in [-0.2, -0.15) is 5.10 Å². The highest BCUT2D eigenvalue weighted by Gasteiger charge is 2.08. The van der Waals surface area contributed by atoms with Gasteiger partial charge in [0.15, 0.2) is 17.5 Å². The number of hydrogen-bond donors (Lipinski definition) is 2. The second kappa shape index (κ2) is 10.4. The van der Waals surface area contributed by atoms with Crippen molar-refractivity contribution in [3.63, 3.8) is 0 Å². The number of hydrogen-bond acceptors (Lipinski definition) is 3. The van der Waals surface area contributed by atoms with Gasteiger partial charge < -0.3 is 15.4 Å². The molecule has 26 heavy (non-hydrogen) atoms. The smallest absolute Gasteiger partial charge is 0.191 e. The van der Waals surface area contributed by atoms with Crippen molar-refractivity contribution in [2.75, 3.05) is 19.6 Å². The molecule has 6 nitrogen and oxygen atoms in total. The van der Waals surface area contributed by atoms with Gasteiger partial charge >= 0.3 is 0 Å². The van der Waals surface area contributed by atoms with E-state index in [-0.39, 0.29) is 17.7 Å². The number of aliphatic imine (C=N–C) groups is 1. The summed E-state index contributed by atoms with van der Waals surface area (Å²) in [5.41, 5.74) is 1.23. The first kappa shape index (κ1) is 19.8. The minimum Gasteiger partial charge on any atom is -0.486 e. The average Bonchev–Trinajstić information content (AvgIpc) is 3.03. The van der Waals surface area contributed by atoms with Gasteiger partial charge in [-0.1, -0.05) is 12.1 Å². The number of ether oxygens (including phenoxy) is 1. The Labute approximate surface area is 154 Å². The number of aromatic nitrogens is 2. The molecule has 0 amide bonds. The normalized spacial score (nSPS) is 12.7. The predicted molar refractivity (Wildman–Crippen MR) is 102 cm³/mol. The van der Waals surface area contributed by atoms with Crippen molar-refractivity contribution < 1.29 is 9.13 Å². The number of nitrogens with one attached hydrogen (secondary N) is 2. The second-order valence-electron chi connectivity index (χ2n) is 6.13. The van der Waals surface area contributed by atoms with Crippen LogP contribution in [0.3, 0.4) is 0 Å². The first-order valence-electron chi connectivity index (χ1n) is 8.99. The minimum atomic E-state index is -0.358. The molecule has 0 aliphatic carbocycles. The highest BCUT2D eigenvalue weighted by Crippen LogP contribution is 2.16. The molecule has 1 aromatic heterocycles. The summed E-state index contributed by atoms with van der Waals surface area (Å²) < 4.78 is 21.0. The lowest BCUT2D eigenvalue weighted by atomic mass is 10.2. The van der Waals surface area contributed by atoms with Crippen LogP contribution in [0, 0.1) is 5.82 Å². The van der Waals surface area contributed by atoms with E-state index < -0.39 is 0 Å². The van der Waals surface area contributed by atoms with Gasteiger partial charge in [0.1, 0.15) is 6.10 Å². The highest BCUT2D eigenvalue weighted by molar-refractivity contribution is 5.79. The predicted octanol–water partition coefficient (Wildman–Crippen LogP) is 2.51.